The third-order valence-electron chi connectivity index (χ3n) is 6.36. The fourth-order valence-corrected chi connectivity index (χ4v) is 6.35. The van der Waals surface area contributed by atoms with Crippen LogP contribution >= 0.6 is 34.5 Å². The van der Waals surface area contributed by atoms with Crippen LogP contribution in [0.2, 0.25) is 10.0 Å². The van der Waals surface area contributed by atoms with Gasteiger partial charge in [0.1, 0.15) is 10.7 Å². The summed E-state index contributed by atoms with van der Waals surface area (Å²) < 4.78 is 6.76. The van der Waals surface area contributed by atoms with Crippen molar-refractivity contribution in [3.05, 3.63) is 90.3 Å². The van der Waals surface area contributed by atoms with Crippen molar-refractivity contribution in [1.29, 1.82) is 0 Å². The van der Waals surface area contributed by atoms with Crippen LogP contribution in [-0.4, -0.2) is 21.8 Å². The zero-order chi connectivity index (χ0) is 25.8. The van der Waals surface area contributed by atoms with E-state index in [1.54, 1.807) is 48.6 Å². The minimum atomic E-state index is -0.180. The first-order chi connectivity index (χ1) is 17.1. The second-order valence-corrected chi connectivity index (χ2v) is 11.3. The fraction of sp³-hybridized carbons (Fsp3) is 0.214. The number of phenolic OH excluding ortho intramolecular Hbond substituents is 1. The van der Waals surface area contributed by atoms with Crippen molar-refractivity contribution in [1.82, 2.24) is 9.55 Å². The smallest absolute Gasteiger partial charge is 0.267 e. The summed E-state index contributed by atoms with van der Waals surface area (Å²) in [7, 11) is 1.52. The highest BCUT2D eigenvalue weighted by molar-refractivity contribution is 7.19. The number of benzene rings is 2. The maximum absolute atomic E-state index is 13.9. The SMILES string of the molecule is COc1cc(/C=C/C2=Cc3c(sc4nc(C)n(-c5cc(Cl)ccc5Cl)c(=O)c34)C(C)(C)C2)ccc1O. The van der Waals surface area contributed by atoms with Gasteiger partial charge in [-0.3, -0.25) is 9.36 Å². The van der Waals surface area contributed by atoms with Crippen LogP contribution in [0.25, 0.3) is 28.1 Å². The minimum absolute atomic E-state index is 0.0981. The molecular weight excluding hydrogens is 515 g/mol. The summed E-state index contributed by atoms with van der Waals surface area (Å²) in [6.07, 6.45) is 6.92. The molecule has 0 atom stereocenters. The van der Waals surface area contributed by atoms with Crippen LogP contribution in [0, 0.1) is 6.92 Å². The predicted molar refractivity (Wildman–Crippen MR) is 149 cm³/mol. The van der Waals surface area contributed by atoms with Crippen molar-refractivity contribution in [2.24, 2.45) is 0 Å². The van der Waals surface area contributed by atoms with Crippen LogP contribution in [0.1, 0.15) is 42.1 Å². The van der Waals surface area contributed by atoms with Gasteiger partial charge in [0.2, 0.25) is 0 Å². The molecule has 36 heavy (non-hydrogen) atoms. The number of hydrogen-bond donors (Lipinski definition) is 1. The van der Waals surface area contributed by atoms with Crippen LogP contribution in [0.4, 0.5) is 0 Å². The number of halogens is 2. The second-order valence-electron chi connectivity index (χ2n) is 9.46. The van der Waals surface area contributed by atoms with Gasteiger partial charge in [-0.25, -0.2) is 4.98 Å². The number of phenols is 1. The molecule has 2 heterocycles. The van der Waals surface area contributed by atoms with Crippen molar-refractivity contribution < 1.29 is 9.84 Å². The summed E-state index contributed by atoms with van der Waals surface area (Å²) >= 11 is 14.2. The predicted octanol–water partition coefficient (Wildman–Crippen LogP) is 7.55. The molecule has 0 spiro atoms. The van der Waals surface area contributed by atoms with E-state index in [9.17, 15) is 9.90 Å². The van der Waals surface area contributed by atoms with Gasteiger partial charge in [-0.05, 0) is 60.9 Å². The number of hydrogen-bond acceptors (Lipinski definition) is 5. The number of methoxy groups -OCH3 is 1. The highest BCUT2D eigenvalue weighted by Gasteiger charge is 2.33. The summed E-state index contributed by atoms with van der Waals surface area (Å²) in [5.74, 6) is 1.07. The van der Waals surface area contributed by atoms with Gasteiger partial charge in [-0.1, -0.05) is 55.3 Å². The molecule has 0 saturated heterocycles. The molecule has 2 aromatic heterocycles. The molecule has 0 bridgehead atoms. The van der Waals surface area contributed by atoms with Gasteiger partial charge < -0.3 is 9.84 Å². The minimum Gasteiger partial charge on any atom is -0.504 e. The molecule has 1 aliphatic carbocycles. The summed E-state index contributed by atoms with van der Waals surface area (Å²) in [6, 6.07) is 10.3. The van der Waals surface area contributed by atoms with E-state index >= 15 is 0 Å². The summed E-state index contributed by atoms with van der Waals surface area (Å²) in [4.78, 5) is 20.5. The summed E-state index contributed by atoms with van der Waals surface area (Å²) in [5.41, 5.74) is 3.06. The topological polar surface area (TPSA) is 64.4 Å². The average Bonchev–Trinajstić information content (AvgIpc) is 3.20. The number of rotatable bonds is 4. The molecule has 1 aliphatic rings. The molecule has 5 nitrogen and oxygen atoms in total. The molecule has 0 aliphatic heterocycles. The Balaban J connectivity index is 1.68. The Morgan fingerprint density at radius 1 is 1.17 bits per heavy atom. The van der Waals surface area contributed by atoms with E-state index < -0.39 is 0 Å². The summed E-state index contributed by atoms with van der Waals surface area (Å²) in [6.45, 7) is 6.17. The molecule has 5 rings (SSSR count). The third kappa shape index (κ3) is 4.23. The van der Waals surface area contributed by atoms with Gasteiger partial charge in [0.05, 0.1) is 23.2 Å². The molecule has 2 aromatic carbocycles. The van der Waals surface area contributed by atoms with E-state index in [4.69, 9.17) is 32.9 Å². The Labute approximate surface area is 222 Å². The van der Waals surface area contributed by atoms with Crippen LogP contribution in [0.15, 0.2) is 52.8 Å². The molecule has 0 amide bonds. The van der Waals surface area contributed by atoms with Crippen molar-refractivity contribution in [3.8, 4) is 17.2 Å². The van der Waals surface area contributed by atoms with Crippen LogP contribution in [0.3, 0.4) is 0 Å². The molecule has 8 heteroatoms. The normalized spacial score (nSPS) is 14.8. The van der Waals surface area contributed by atoms with Crippen molar-refractivity contribution >= 4 is 56.9 Å². The van der Waals surface area contributed by atoms with E-state index in [-0.39, 0.29) is 16.7 Å². The molecule has 0 unspecified atom stereocenters. The number of nitrogens with zero attached hydrogens (tertiary/aromatic N) is 2. The van der Waals surface area contributed by atoms with Crippen LogP contribution < -0.4 is 10.3 Å². The Kier molecular flexibility index (Phi) is 6.23. The van der Waals surface area contributed by atoms with Crippen LogP contribution in [0.5, 0.6) is 11.5 Å². The average molecular weight is 539 g/mol. The monoisotopic (exact) mass is 538 g/mol. The van der Waals surface area contributed by atoms with Crippen molar-refractivity contribution in [2.75, 3.05) is 7.11 Å². The van der Waals surface area contributed by atoms with E-state index in [0.29, 0.717) is 32.7 Å². The van der Waals surface area contributed by atoms with E-state index in [1.807, 2.05) is 18.2 Å². The summed E-state index contributed by atoms with van der Waals surface area (Å²) in [5, 5.41) is 11.4. The molecule has 0 radical (unpaired) electrons. The Bertz CT molecular complexity index is 1650. The highest BCUT2D eigenvalue weighted by atomic mass is 35.5. The van der Waals surface area contributed by atoms with E-state index in [1.165, 1.54) is 11.7 Å². The largest absolute Gasteiger partial charge is 0.504 e. The van der Waals surface area contributed by atoms with E-state index in [2.05, 4.69) is 19.9 Å². The fourth-order valence-electron chi connectivity index (χ4n) is 4.69. The number of aromatic nitrogens is 2. The number of aryl methyl sites for hydroxylation is 1. The molecule has 4 aromatic rings. The van der Waals surface area contributed by atoms with E-state index in [0.717, 1.165) is 32.8 Å². The number of thiophene rings is 1. The van der Waals surface area contributed by atoms with Crippen LogP contribution in [-0.2, 0) is 5.41 Å². The first kappa shape index (κ1) is 24.6. The van der Waals surface area contributed by atoms with Gasteiger partial charge >= 0.3 is 0 Å². The van der Waals surface area contributed by atoms with Gasteiger partial charge in [0, 0.05) is 20.9 Å². The lowest BCUT2D eigenvalue weighted by Gasteiger charge is -2.29. The first-order valence-corrected chi connectivity index (χ1v) is 12.9. The maximum atomic E-state index is 13.9. The second kappa shape index (κ2) is 9.11. The number of allylic oxidation sites excluding steroid dienone is 2. The third-order valence-corrected chi connectivity index (χ3v) is 8.38. The zero-order valence-electron chi connectivity index (χ0n) is 20.2. The molecule has 1 N–H and O–H groups in total. The number of fused-ring (bicyclic) bond motifs is 3. The van der Waals surface area contributed by atoms with Crippen molar-refractivity contribution in [3.63, 3.8) is 0 Å². The zero-order valence-corrected chi connectivity index (χ0v) is 22.6. The van der Waals surface area contributed by atoms with Gasteiger partial charge in [-0.15, -0.1) is 11.3 Å². The Morgan fingerprint density at radius 3 is 2.69 bits per heavy atom. The van der Waals surface area contributed by atoms with Gasteiger partial charge in [0.25, 0.3) is 5.56 Å². The molecule has 0 saturated carbocycles. The first-order valence-electron chi connectivity index (χ1n) is 11.4. The molecule has 184 valence electrons. The van der Waals surface area contributed by atoms with Crippen molar-refractivity contribution in [2.45, 2.75) is 32.6 Å². The Hall–Kier alpha value is -3.06. The lowest BCUT2D eigenvalue weighted by molar-refractivity contribution is 0.373. The highest BCUT2D eigenvalue weighted by Crippen LogP contribution is 2.46. The Morgan fingerprint density at radius 2 is 1.94 bits per heavy atom. The number of aromatic hydroxyl groups is 1. The molecular formula is C28H24Cl2N2O3S. The lowest BCUT2D eigenvalue weighted by atomic mass is 9.77. The quantitative estimate of drug-likeness (QED) is 0.291. The lowest BCUT2D eigenvalue weighted by Crippen LogP contribution is -2.24. The van der Waals surface area contributed by atoms with Gasteiger partial charge in [-0.2, -0.15) is 0 Å². The number of ether oxygens (including phenoxy) is 1. The molecule has 0 fully saturated rings. The standard InChI is InChI=1S/C28H24Cl2N2O3S/c1-15-31-26-24(27(34)32(15)21-13-18(29)8-9-20(21)30)19-11-17(14-28(2,3)25(19)36-26)6-5-16-7-10-22(33)23(12-16)35-4/h5-13,33H,14H2,1-4H3/b6-5+. The van der Waals surface area contributed by atoms with Gasteiger partial charge in [0.15, 0.2) is 11.5 Å². The maximum Gasteiger partial charge on any atom is 0.267 e.